The number of rotatable bonds is 7. The Morgan fingerprint density at radius 3 is 2.91 bits per heavy atom. The van der Waals surface area contributed by atoms with E-state index in [1.807, 2.05) is 11.0 Å². The first-order valence-corrected chi connectivity index (χ1v) is 12.8. The van der Waals surface area contributed by atoms with Gasteiger partial charge in [0, 0.05) is 48.5 Å². The number of nitrogens with zero attached hydrogens (tertiary/aromatic N) is 6. The van der Waals surface area contributed by atoms with Crippen molar-refractivity contribution in [3.63, 3.8) is 0 Å². The number of likely N-dealkylation sites (tertiary alicyclic amines) is 1. The van der Waals surface area contributed by atoms with E-state index in [1.165, 1.54) is 17.6 Å². The summed E-state index contributed by atoms with van der Waals surface area (Å²) < 4.78 is 2.17. The number of benzene rings is 1. The second-order valence-corrected chi connectivity index (χ2v) is 10.1. The third-order valence-corrected chi connectivity index (χ3v) is 8.04. The summed E-state index contributed by atoms with van der Waals surface area (Å²) in [6.07, 6.45) is 8.27. The molecule has 5 heterocycles. The Balaban J connectivity index is 1.35. The number of nitrogens with one attached hydrogen (secondary N) is 2. The fourth-order valence-electron chi connectivity index (χ4n) is 5.00. The molecule has 3 aromatic heterocycles. The van der Waals surface area contributed by atoms with Gasteiger partial charge in [0.05, 0.1) is 5.69 Å². The smallest absolute Gasteiger partial charge is 0.209 e. The first-order valence-electron chi connectivity index (χ1n) is 11.9. The van der Waals surface area contributed by atoms with Crippen LogP contribution in [-0.4, -0.2) is 60.7 Å². The summed E-state index contributed by atoms with van der Waals surface area (Å²) in [7, 11) is 0. The van der Waals surface area contributed by atoms with E-state index in [1.54, 1.807) is 18.0 Å². The Kier molecular flexibility index (Phi) is 5.77. The van der Waals surface area contributed by atoms with Crippen LogP contribution in [-0.2, 0) is 17.8 Å². The molecule has 0 bridgehead atoms. The van der Waals surface area contributed by atoms with Crippen molar-refractivity contribution in [2.24, 2.45) is 5.92 Å². The van der Waals surface area contributed by atoms with Crippen molar-refractivity contribution in [3.05, 3.63) is 36.3 Å². The molecular formula is C24H27N9OS. The maximum absolute atomic E-state index is 11.1. The van der Waals surface area contributed by atoms with Crippen LogP contribution in [0.4, 0.5) is 11.5 Å². The maximum Gasteiger partial charge on any atom is 0.209 e. The van der Waals surface area contributed by atoms with Crippen LogP contribution in [0.1, 0.15) is 24.8 Å². The molecule has 6 rings (SSSR count). The summed E-state index contributed by atoms with van der Waals surface area (Å²) >= 11 is 1.63. The lowest BCUT2D eigenvalue weighted by Gasteiger charge is -2.29. The highest BCUT2D eigenvalue weighted by Crippen LogP contribution is 2.41. The third-order valence-electron chi connectivity index (χ3n) is 6.99. The van der Waals surface area contributed by atoms with Crippen LogP contribution in [0, 0.1) is 5.92 Å². The van der Waals surface area contributed by atoms with E-state index in [-0.39, 0.29) is 0 Å². The SMILES string of the molecule is Nc1ncnc2c1nc(Sc1cc3c(cc1-c1ccn[nH]1)NCC3)n2CCC1CCN(C=O)CC1. The summed E-state index contributed by atoms with van der Waals surface area (Å²) in [5, 5.41) is 11.6. The topological polar surface area (TPSA) is 131 Å². The largest absolute Gasteiger partial charge is 0.384 e. The molecule has 35 heavy (non-hydrogen) atoms. The first kappa shape index (κ1) is 21.9. The molecule has 2 aliphatic rings. The number of piperidine rings is 1. The summed E-state index contributed by atoms with van der Waals surface area (Å²) in [5.74, 6) is 0.953. The van der Waals surface area contributed by atoms with Gasteiger partial charge < -0.3 is 20.5 Å². The Bertz CT molecular complexity index is 1360. The molecule has 11 heteroatoms. The van der Waals surface area contributed by atoms with Gasteiger partial charge in [-0.3, -0.25) is 9.89 Å². The minimum atomic E-state index is 0.391. The maximum atomic E-state index is 11.1. The summed E-state index contributed by atoms with van der Waals surface area (Å²) in [5.41, 5.74) is 12.1. The van der Waals surface area contributed by atoms with Crippen LogP contribution < -0.4 is 11.1 Å². The number of aromatic nitrogens is 6. The minimum absolute atomic E-state index is 0.391. The van der Waals surface area contributed by atoms with Gasteiger partial charge >= 0.3 is 0 Å². The number of H-pyrrole nitrogens is 1. The quantitative estimate of drug-likeness (QED) is 0.338. The van der Waals surface area contributed by atoms with E-state index in [0.717, 1.165) is 85.2 Å². The number of fused-ring (bicyclic) bond motifs is 2. The lowest BCUT2D eigenvalue weighted by Crippen LogP contribution is -2.32. The zero-order chi connectivity index (χ0) is 23.8. The van der Waals surface area contributed by atoms with Gasteiger partial charge in [-0.1, -0.05) is 11.8 Å². The number of imidazole rings is 1. The summed E-state index contributed by atoms with van der Waals surface area (Å²) in [4.78, 5) is 27.6. The third kappa shape index (κ3) is 4.20. The van der Waals surface area contributed by atoms with Crippen LogP contribution in [0.25, 0.3) is 22.4 Å². The van der Waals surface area contributed by atoms with Crippen molar-refractivity contribution in [2.75, 3.05) is 30.7 Å². The zero-order valence-corrected chi connectivity index (χ0v) is 20.1. The van der Waals surface area contributed by atoms with Crippen LogP contribution in [0.2, 0.25) is 0 Å². The molecule has 0 spiro atoms. The van der Waals surface area contributed by atoms with Gasteiger partial charge in [0.2, 0.25) is 6.41 Å². The Morgan fingerprint density at radius 2 is 2.11 bits per heavy atom. The number of nitrogen functional groups attached to an aromatic ring is 1. The number of nitrogens with two attached hydrogens (primary N) is 1. The Morgan fingerprint density at radius 1 is 1.23 bits per heavy atom. The number of hydrogen-bond donors (Lipinski definition) is 3. The van der Waals surface area contributed by atoms with E-state index in [9.17, 15) is 4.79 Å². The van der Waals surface area contributed by atoms with Crippen molar-refractivity contribution in [1.82, 2.24) is 34.6 Å². The predicted octanol–water partition coefficient (Wildman–Crippen LogP) is 3.18. The fraction of sp³-hybridized carbons (Fsp3) is 0.375. The van der Waals surface area contributed by atoms with Gasteiger partial charge in [0.15, 0.2) is 22.1 Å². The van der Waals surface area contributed by atoms with Gasteiger partial charge in [0.1, 0.15) is 6.33 Å². The van der Waals surface area contributed by atoms with Gasteiger partial charge in [0.25, 0.3) is 0 Å². The molecule has 0 saturated carbocycles. The van der Waals surface area contributed by atoms with E-state index in [0.29, 0.717) is 17.3 Å². The monoisotopic (exact) mass is 489 g/mol. The lowest BCUT2D eigenvalue weighted by molar-refractivity contribution is -0.119. The number of aryl methyl sites for hydroxylation is 1. The second kappa shape index (κ2) is 9.21. The molecule has 4 aromatic rings. The van der Waals surface area contributed by atoms with Crippen LogP contribution in [0.5, 0.6) is 0 Å². The average molecular weight is 490 g/mol. The molecule has 4 N–H and O–H groups in total. The van der Waals surface area contributed by atoms with Crippen molar-refractivity contribution in [2.45, 2.75) is 42.3 Å². The molecule has 0 aliphatic carbocycles. The van der Waals surface area contributed by atoms with Gasteiger partial charge in [-0.15, -0.1) is 0 Å². The van der Waals surface area contributed by atoms with Crippen LogP contribution >= 0.6 is 11.8 Å². The van der Waals surface area contributed by atoms with Gasteiger partial charge in [-0.2, -0.15) is 5.10 Å². The van der Waals surface area contributed by atoms with Crippen LogP contribution in [0.15, 0.2) is 40.8 Å². The van der Waals surface area contributed by atoms with Crippen molar-refractivity contribution >= 4 is 40.8 Å². The standard InChI is InChI=1S/C24H27N9OS/c25-22-21-23(28-13-27-22)33(10-5-15-3-8-32(14-34)9-4-15)24(30-21)35-20-11-16-1-6-26-19(16)12-17(20)18-2-7-29-31-18/h2,7,11-15,26H,1,3-6,8-10H2,(H,29,31)(H2,25,27,28). The number of hydrogen-bond acceptors (Lipinski definition) is 8. The Labute approximate surface area is 206 Å². The molecule has 1 aromatic carbocycles. The van der Waals surface area contributed by atoms with Crippen molar-refractivity contribution < 1.29 is 4.79 Å². The molecule has 1 amide bonds. The molecule has 2 aliphatic heterocycles. The minimum Gasteiger partial charge on any atom is -0.384 e. The molecule has 1 saturated heterocycles. The normalized spacial score (nSPS) is 15.9. The Hall–Kier alpha value is -3.60. The molecule has 0 radical (unpaired) electrons. The lowest BCUT2D eigenvalue weighted by atomic mass is 9.94. The van der Waals surface area contributed by atoms with Crippen molar-refractivity contribution in [3.8, 4) is 11.3 Å². The van der Waals surface area contributed by atoms with E-state index >= 15 is 0 Å². The van der Waals surface area contributed by atoms with E-state index < -0.39 is 0 Å². The highest BCUT2D eigenvalue weighted by atomic mass is 32.2. The molecular weight excluding hydrogens is 462 g/mol. The number of amides is 1. The van der Waals surface area contributed by atoms with E-state index in [4.69, 9.17) is 10.7 Å². The molecule has 180 valence electrons. The number of carbonyl (C=O) groups excluding carboxylic acids is 1. The summed E-state index contributed by atoms with van der Waals surface area (Å²) in [6.45, 7) is 3.38. The predicted molar refractivity (Wildman–Crippen MR) is 135 cm³/mol. The molecule has 0 unspecified atom stereocenters. The number of anilines is 2. The second-order valence-electron chi connectivity index (χ2n) is 9.11. The average Bonchev–Trinajstić information content (AvgIpc) is 3.63. The first-order chi connectivity index (χ1) is 17.2. The van der Waals surface area contributed by atoms with Gasteiger partial charge in [-0.05, 0) is 55.4 Å². The number of aromatic amines is 1. The van der Waals surface area contributed by atoms with E-state index in [2.05, 4.69) is 42.2 Å². The number of carbonyl (C=O) groups is 1. The van der Waals surface area contributed by atoms with Crippen molar-refractivity contribution in [1.29, 1.82) is 0 Å². The molecule has 0 atom stereocenters. The molecule has 1 fully saturated rings. The highest BCUT2D eigenvalue weighted by Gasteiger charge is 2.23. The summed E-state index contributed by atoms with van der Waals surface area (Å²) in [6, 6.07) is 6.43. The fourth-order valence-corrected chi connectivity index (χ4v) is 6.10. The highest BCUT2D eigenvalue weighted by molar-refractivity contribution is 7.99. The van der Waals surface area contributed by atoms with Gasteiger partial charge in [-0.25, -0.2) is 15.0 Å². The molecule has 10 nitrogen and oxygen atoms in total. The van der Waals surface area contributed by atoms with Crippen LogP contribution in [0.3, 0.4) is 0 Å². The zero-order valence-electron chi connectivity index (χ0n) is 19.3.